The number of unbranched alkanes of at least 4 members (excludes halogenated alkanes) is 1. The lowest BCUT2D eigenvalue weighted by molar-refractivity contribution is -0.121. The number of hydrogen-bond acceptors (Lipinski definition) is 2. The van der Waals surface area contributed by atoms with E-state index in [0.717, 1.165) is 25.8 Å². The van der Waals surface area contributed by atoms with Crippen LogP contribution in [0.2, 0.25) is 0 Å². The van der Waals surface area contributed by atoms with Crippen molar-refractivity contribution in [1.29, 1.82) is 0 Å². The van der Waals surface area contributed by atoms with Gasteiger partial charge in [-0.3, -0.25) is 4.79 Å². The lowest BCUT2D eigenvalue weighted by Gasteiger charge is -2.14. The summed E-state index contributed by atoms with van der Waals surface area (Å²) < 4.78 is 0. The molecule has 0 bridgehead atoms. The van der Waals surface area contributed by atoms with E-state index in [0.29, 0.717) is 6.42 Å². The maximum Gasteiger partial charge on any atom is 0.220 e. The SMILES string of the molecule is Cl.O=C(CCCc1ccccc1)NCCCCN1CCCC1. The Labute approximate surface area is 140 Å². The highest BCUT2D eigenvalue weighted by Crippen LogP contribution is 2.08. The zero-order chi connectivity index (χ0) is 14.8. The summed E-state index contributed by atoms with van der Waals surface area (Å²) in [5.41, 5.74) is 1.32. The largest absolute Gasteiger partial charge is 0.356 e. The fraction of sp³-hybridized carbons (Fsp3) is 0.611. The molecule has 3 nitrogen and oxygen atoms in total. The fourth-order valence-corrected chi connectivity index (χ4v) is 2.88. The van der Waals surface area contributed by atoms with Crippen LogP contribution in [0.15, 0.2) is 30.3 Å². The Kier molecular flexibility index (Phi) is 9.93. The molecular formula is C18H29ClN2O. The summed E-state index contributed by atoms with van der Waals surface area (Å²) in [5.74, 6) is 0.201. The van der Waals surface area contributed by atoms with Gasteiger partial charge in [-0.25, -0.2) is 0 Å². The van der Waals surface area contributed by atoms with Crippen molar-refractivity contribution in [2.75, 3.05) is 26.2 Å². The molecule has 2 rings (SSSR count). The lowest BCUT2D eigenvalue weighted by Crippen LogP contribution is -2.26. The van der Waals surface area contributed by atoms with E-state index in [1.807, 2.05) is 6.07 Å². The van der Waals surface area contributed by atoms with Gasteiger partial charge in [-0.05, 0) is 63.7 Å². The Balaban J connectivity index is 0.00000242. The van der Waals surface area contributed by atoms with Crippen LogP contribution in [-0.4, -0.2) is 37.0 Å². The Morgan fingerprint density at radius 1 is 1.05 bits per heavy atom. The van der Waals surface area contributed by atoms with Crippen molar-refractivity contribution in [2.24, 2.45) is 0 Å². The molecule has 0 saturated carbocycles. The molecular weight excluding hydrogens is 296 g/mol. The zero-order valence-corrected chi connectivity index (χ0v) is 14.2. The number of carbonyl (C=O) groups is 1. The highest BCUT2D eigenvalue weighted by atomic mass is 35.5. The van der Waals surface area contributed by atoms with Crippen molar-refractivity contribution < 1.29 is 4.79 Å². The number of aryl methyl sites for hydroxylation is 1. The minimum absolute atomic E-state index is 0. The highest BCUT2D eigenvalue weighted by Gasteiger charge is 2.10. The molecule has 0 unspecified atom stereocenters. The molecule has 1 heterocycles. The van der Waals surface area contributed by atoms with Crippen molar-refractivity contribution in [3.8, 4) is 0 Å². The third-order valence-electron chi connectivity index (χ3n) is 4.13. The van der Waals surface area contributed by atoms with Crippen molar-refractivity contribution in [3.63, 3.8) is 0 Å². The summed E-state index contributed by atoms with van der Waals surface area (Å²) >= 11 is 0. The minimum atomic E-state index is 0. The van der Waals surface area contributed by atoms with Crippen molar-refractivity contribution in [1.82, 2.24) is 10.2 Å². The van der Waals surface area contributed by atoms with E-state index in [1.54, 1.807) is 0 Å². The molecule has 0 aromatic heterocycles. The summed E-state index contributed by atoms with van der Waals surface area (Å²) in [7, 11) is 0. The average molecular weight is 325 g/mol. The van der Waals surface area contributed by atoms with Crippen LogP contribution in [0.3, 0.4) is 0 Å². The second-order valence-electron chi connectivity index (χ2n) is 5.94. The molecule has 0 aliphatic carbocycles. The molecule has 1 aliphatic heterocycles. The maximum atomic E-state index is 11.7. The second-order valence-corrected chi connectivity index (χ2v) is 5.94. The number of carbonyl (C=O) groups excluding carboxylic acids is 1. The van der Waals surface area contributed by atoms with Gasteiger partial charge in [0.1, 0.15) is 0 Å². The first-order chi connectivity index (χ1) is 10.3. The van der Waals surface area contributed by atoms with E-state index in [1.165, 1.54) is 44.5 Å². The van der Waals surface area contributed by atoms with Gasteiger partial charge in [0.05, 0.1) is 0 Å². The normalized spacial score (nSPS) is 14.5. The van der Waals surface area contributed by atoms with Crippen LogP contribution in [0.25, 0.3) is 0 Å². The van der Waals surface area contributed by atoms with Gasteiger partial charge < -0.3 is 10.2 Å². The molecule has 4 heteroatoms. The Morgan fingerprint density at radius 3 is 2.50 bits per heavy atom. The Bertz CT molecular complexity index is 405. The quantitative estimate of drug-likeness (QED) is 0.706. The van der Waals surface area contributed by atoms with E-state index in [4.69, 9.17) is 0 Å². The molecule has 1 amide bonds. The smallest absolute Gasteiger partial charge is 0.220 e. The third kappa shape index (κ3) is 7.81. The van der Waals surface area contributed by atoms with Crippen LogP contribution in [0.1, 0.15) is 44.1 Å². The van der Waals surface area contributed by atoms with Gasteiger partial charge in [0.25, 0.3) is 0 Å². The number of likely N-dealkylation sites (tertiary alicyclic amines) is 1. The number of nitrogens with zero attached hydrogens (tertiary/aromatic N) is 1. The first-order valence-corrected chi connectivity index (χ1v) is 8.37. The van der Waals surface area contributed by atoms with Gasteiger partial charge >= 0.3 is 0 Å². The molecule has 124 valence electrons. The molecule has 1 aromatic carbocycles. The van der Waals surface area contributed by atoms with Crippen molar-refractivity contribution >= 4 is 18.3 Å². The van der Waals surface area contributed by atoms with Crippen molar-refractivity contribution in [3.05, 3.63) is 35.9 Å². The van der Waals surface area contributed by atoms with Crippen LogP contribution >= 0.6 is 12.4 Å². The predicted octanol–water partition coefficient (Wildman–Crippen LogP) is 3.42. The van der Waals surface area contributed by atoms with E-state index in [-0.39, 0.29) is 18.3 Å². The van der Waals surface area contributed by atoms with Gasteiger partial charge in [-0.15, -0.1) is 12.4 Å². The topological polar surface area (TPSA) is 32.3 Å². The summed E-state index contributed by atoms with van der Waals surface area (Å²) in [6.45, 7) is 4.57. The van der Waals surface area contributed by atoms with Gasteiger partial charge in [0, 0.05) is 13.0 Å². The molecule has 1 aromatic rings. The van der Waals surface area contributed by atoms with Crippen molar-refractivity contribution in [2.45, 2.75) is 44.9 Å². The van der Waals surface area contributed by atoms with Gasteiger partial charge in [0.2, 0.25) is 5.91 Å². The van der Waals surface area contributed by atoms with E-state index in [2.05, 4.69) is 34.5 Å². The second kappa shape index (κ2) is 11.5. The minimum Gasteiger partial charge on any atom is -0.356 e. The fourth-order valence-electron chi connectivity index (χ4n) is 2.88. The molecule has 22 heavy (non-hydrogen) atoms. The van der Waals surface area contributed by atoms with Gasteiger partial charge in [0.15, 0.2) is 0 Å². The van der Waals surface area contributed by atoms with E-state index < -0.39 is 0 Å². The number of hydrogen-bond donors (Lipinski definition) is 1. The lowest BCUT2D eigenvalue weighted by atomic mass is 10.1. The standard InChI is InChI=1S/C18H28N2O.ClH/c21-18(12-8-11-17-9-2-1-3-10-17)19-13-4-5-14-20-15-6-7-16-20;/h1-3,9-10H,4-8,11-16H2,(H,19,21);1H. The Hall–Kier alpha value is -1.06. The maximum absolute atomic E-state index is 11.7. The average Bonchev–Trinajstić information content (AvgIpc) is 3.01. The molecule has 0 spiro atoms. The summed E-state index contributed by atoms with van der Waals surface area (Å²) in [4.78, 5) is 14.3. The monoisotopic (exact) mass is 324 g/mol. The van der Waals surface area contributed by atoms with Gasteiger partial charge in [-0.2, -0.15) is 0 Å². The molecule has 1 saturated heterocycles. The number of halogens is 1. The molecule has 0 radical (unpaired) electrons. The van der Waals surface area contributed by atoms with Crippen LogP contribution in [-0.2, 0) is 11.2 Å². The van der Waals surface area contributed by atoms with E-state index >= 15 is 0 Å². The first kappa shape index (κ1) is 19.0. The number of benzene rings is 1. The number of rotatable bonds is 9. The third-order valence-corrected chi connectivity index (χ3v) is 4.13. The molecule has 1 aliphatic rings. The number of nitrogens with one attached hydrogen (secondary N) is 1. The number of amides is 1. The van der Waals surface area contributed by atoms with Crippen LogP contribution in [0.5, 0.6) is 0 Å². The molecule has 1 fully saturated rings. The van der Waals surface area contributed by atoms with Crippen LogP contribution in [0, 0.1) is 0 Å². The summed E-state index contributed by atoms with van der Waals surface area (Å²) in [5, 5.41) is 3.04. The first-order valence-electron chi connectivity index (χ1n) is 8.37. The zero-order valence-electron chi connectivity index (χ0n) is 13.4. The van der Waals surface area contributed by atoms with Crippen LogP contribution in [0.4, 0.5) is 0 Å². The molecule has 1 N–H and O–H groups in total. The summed E-state index contributed by atoms with van der Waals surface area (Å²) in [6, 6.07) is 10.4. The summed E-state index contributed by atoms with van der Waals surface area (Å²) in [6.07, 6.45) is 7.58. The van der Waals surface area contributed by atoms with Crippen LogP contribution < -0.4 is 5.32 Å². The highest BCUT2D eigenvalue weighted by molar-refractivity contribution is 5.85. The van der Waals surface area contributed by atoms with E-state index in [9.17, 15) is 4.79 Å². The predicted molar refractivity (Wildman–Crippen MR) is 94.5 cm³/mol. The Morgan fingerprint density at radius 2 is 1.77 bits per heavy atom. The van der Waals surface area contributed by atoms with Gasteiger partial charge in [-0.1, -0.05) is 30.3 Å². The molecule has 0 atom stereocenters.